The third-order valence-corrected chi connectivity index (χ3v) is 2.99. The molecule has 0 radical (unpaired) electrons. The van der Waals surface area contributed by atoms with Crippen LogP contribution in [0.3, 0.4) is 0 Å². The van der Waals surface area contributed by atoms with Crippen LogP contribution in [0.4, 0.5) is 0 Å². The van der Waals surface area contributed by atoms with Gasteiger partial charge in [0.25, 0.3) is 0 Å². The van der Waals surface area contributed by atoms with E-state index in [1.807, 2.05) is 27.7 Å². The molecule has 0 aromatic carbocycles. The second-order valence-corrected chi connectivity index (χ2v) is 5.22. The van der Waals surface area contributed by atoms with Gasteiger partial charge in [0.1, 0.15) is 6.10 Å². The smallest absolute Gasteiger partial charge is 0.313 e. The van der Waals surface area contributed by atoms with Crippen LogP contribution in [0.2, 0.25) is 0 Å². The van der Waals surface area contributed by atoms with Crippen molar-refractivity contribution in [1.82, 2.24) is 0 Å². The quantitative estimate of drug-likeness (QED) is 0.707. The van der Waals surface area contributed by atoms with Gasteiger partial charge in [-0.15, -0.1) is 0 Å². The summed E-state index contributed by atoms with van der Waals surface area (Å²) in [6.07, 6.45) is -0.242. The number of nitrogens with two attached hydrogens (primary N) is 1. The Hall–Kier alpha value is -0.610. The van der Waals surface area contributed by atoms with E-state index in [2.05, 4.69) is 0 Å². The van der Waals surface area contributed by atoms with Crippen LogP contribution >= 0.6 is 0 Å². The van der Waals surface area contributed by atoms with E-state index in [1.54, 1.807) is 13.8 Å². The number of esters is 1. The van der Waals surface area contributed by atoms with Crippen LogP contribution in [0.1, 0.15) is 41.5 Å². The van der Waals surface area contributed by atoms with E-state index in [0.717, 1.165) is 0 Å². The first-order valence-electron chi connectivity index (χ1n) is 5.70. The Kier molecular flexibility index (Phi) is 5.42. The zero-order chi connectivity index (χ0) is 13.0. The van der Waals surface area contributed by atoms with Gasteiger partial charge < -0.3 is 15.2 Å². The molecule has 0 saturated carbocycles. The maximum absolute atomic E-state index is 11.9. The number of carbonyl (C=O) groups excluding carboxylic acids is 1. The Labute approximate surface area is 98.5 Å². The molecule has 4 nitrogen and oxygen atoms in total. The van der Waals surface area contributed by atoms with E-state index < -0.39 is 11.0 Å². The lowest BCUT2D eigenvalue weighted by atomic mass is 9.75. The average molecular weight is 231 g/mol. The van der Waals surface area contributed by atoms with Gasteiger partial charge in [0.05, 0.1) is 12.0 Å². The van der Waals surface area contributed by atoms with E-state index >= 15 is 0 Å². The third kappa shape index (κ3) is 4.10. The van der Waals surface area contributed by atoms with Crippen LogP contribution in [0, 0.1) is 5.41 Å². The fraction of sp³-hybridized carbons (Fsp3) is 0.917. The van der Waals surface area contributed by atoms with E-state index in [0.29, 0.717) is 13.2 Å². The van der Waals surface area contributed by atoms with Crippen LogP contribution in [-0.4, -0.2) is 30.8 Å². The molecule has 0 aromatic heterocycles. The molecule has 0 rings (SSSR count). The maximum atomic E-state index is 11.9. The second kappa shape index (κ2) is 5.64. The fourth-order valence-corrected chi connectivity index (χ4v) is 0.911. The second-order valence-electron chi connectivity index (χ2n) is 5.22. The lowest BCUT2D eigenvalue weighted by molar-refractivity contribution is -0.164. The number of carbonyl (C=O) groups is 1. The van der Waals surface area contributed by atoms with Crippen LogP contribution in [0.25, 0.3) is 0 Å². The van der Waals surface area contributed by atoms with Gasteiger partial charge in [-0.25, -0.2) is 0 Å². The normalized spacial score (nSPS) is 14.7. The summed E-state index contributed by atoms with van der Waals surface area (Å²) in [5.74, 6) is -0.285. The zero-order valence-electron chi connectivity index (χ0n) is 11.3. The van der Waals surface area contributed by atoms with Crippen molar-refractivity contribution in [3.05, 3.63) is 0 Å². The molecule has 4 heteroatoms. The molecular formula is C12H25NO3. The highest BCUT2D eigenvalue weighted by Gasteiger charge is 2.42. The molecular weight excluding hydrogens is 206 g/mol. The molecule has 0 heterocycles. The summed E-state index contributed by atoms with van der Waals surface area (Å²) in [5, 5.41) is 0. The molecule has 0 fully saturated rings. The minimum atomic E-state index is -0.715. The zero-order valence-corrected chi connectivity index (χ0v) is 11.3. The van der Waals surface area contributed by atoms with Crippen LogP contribution < -0.4 is 5.73 Å². The van der Waals surface area contributed by atoms with Crippen molar-refractivity contribution in [2.24, 2.45) is 11.1 Å². The summed E-state index contributed by atoms with van der Waals surface area (Å²) >= 11 is 0. The van der Waals surface area contributed by atoms with Gasteiger partial charge in [-0.1, -0.05) is 0 Å². The molecule has 1 atom stereocenters. The molecule has 0 aliphatic rings. The Morgan fingerprint density at radius 1 is 1.31 bits per heavy atom. The minimum absolute atomic E-state index is 0.242. The third-order valence-electron chi connectivity index (χ3n) is 2.99. The van der Waals surface area contributed by atoms with Crippen molar-refractivity contribution in [3.8, 4) is 0 Å². The van der Waals surface area contributed by atoms with Crippen LogP contribution in [0.5, 0.6) is 0 Å². The predicted molar refractivity (Wildman–Crippen MR) is 64.1 cm³/mol. The van der Waals surface area contributed by atoms with Crippen molar-refractivity contribution in [3.63, 3.8) is 0 Å². The average Bonchev–Trinajstić information content (AvgIpc) is 2.12. The molecule has 1 unspecified atom stereocenters. The maximum Gasteiger partial charge on any atom is 0.313 e. The molecule has 2 N–H and O–H groups in total. The van der Waals surface area contributed by atoms with Gasteiger partial charge in [0.2, 0.25) is 0 Å². The van der Waals surface area contributed by atoms with E-state index in [-0.39, 0.29) is 12.1 Å². The molecule has 0 amide bonds. The lowest BCUT2D eigenvalue weighted by Crippen LogP contribution is -2.53. The topological polar surface area (TPSA) is 61.5 Å². The lowest BCUT2D eigenvalue weighted by Gasteiger charge is -2.36. The van der Waals surface area contributed by atoms with Crippen molar-refractivity contribution >= 4 is 5.97 Å². The molecule has 0 aliphatic carbocycles. The summed E-state index contributed by atoms with van der Waals surface area (Å²) in [7, 11) is 0. The SMILES string of the molecule is CCOCC(C)OC(=O)C(C)(C)C(C)(C)N. The molecule has 96 valence electrons. The highest BCUT2D eigenvalue weighted by atomic mass is 16.6. The minimum Gasteiger partial charge on any atom is -0.460 e. The van der Waals surface area contributed by atoms with Crippen LogP contribution in [-0.2, 0) is 14.3 Å². The highest BCUT2D eigenvalue weighted by Crippen LogP contribution is 2.30. The number of hydrogen-bond acceptors (Lipinski definition) is 4. The molecule has 0 spiro atoms. The first-order chi connectivity index (χ1) is 7.13. The monoisotopic (exact) mass is 231 g/mol. The van der Waals surface area contributed by atoms with Crippen molar-refractivity contribution in [2.45, 2.75) is 53.2 Å². The van der Waals surface area contributed by atoms with Gasteiger partial charge in [-0.3, -0.25) is 4.79 Å². The van der Waals surface area contributed by atoms with Gasteiger partial charge in [0, 0.05) is 12.1 Å². The standard InChI is InChI=1S/C12H25NO3/c1-7-15-8-9(2)16-10(14)11(3,4)12(5,6)13/h9H,7-8,13H2,1-6H3. The Bertz CT molecular complexity index is 231. The molecule has 0 bridgehead atoms. The molecule has 0 saturated heterocycles. The molecule has 0 aromatic rings. The summed E-state index contributed by atoms with van der Waals surface area (Å²) in [6, 6.07) is 0. The summed E-state index contributed by atoms with van der Waals surface area (Å²) < 4.78 is 10.5. The largest absolute Gasteiger partial charge is 0.460 e. The summed E-state index contributed by atoms with van der Waals surface area (Å²) in [4.78, 5) is 11.9. The summed E-state index contributed by atoms with van der Waals surface area (Å²) in [6.45, 7) is 12.0. The molecule has 0 aliphatic heterocycles. The highest BCUT2D eigenvalue weighted by molar-refractivity contribution is 5.77. The van der Waals surface area contributed by atoms with Crippen molar-refractivity contribution < 1.29 is 14.3 Å². The predicted octanol–water partition coefficient (Wildman–Crippen LogP) is 1.72. The number of ether oxygens (including phenoxy) is 2. The first-order valence-corrected chi connectivity index (χ1v) is 5.70. The van der Waals surface area contributed by atoms with Gasteiger partial charge in [-0.05, 0) is 41.5 Å². The van der Waals surface area contributed by atoms with Crippen molar-refractivity contribution in [2.75, 3.05) is 13.2 Å². The van der Waals surface area contributed by atoms with Gasteiger partial charge in [0.15, 0.2) is 0 Å². The Balaban J connectivity index is 4.35. The fourth-order valence-electron chi connectivity index (χ4n) is 0.911. The van der Waals surface area contributed by atoms with Gasteiger partial charge >= 0.3 is 5.97 Å². The Morgan fingerprint density at radius 3 is 2.19 bits per heavy atom. The van der Waals surface area contributed by atoms with E-state index in [1.165, 1.54) is 0 Å². The number of rotatable bonds is 6. The van der Waals surface area contributed by atoms with Gasteiger partial charge in [-0.2, -0.15) is 0 Å². The van der Waals surface area contributed by atoms with Crippen LogP contribution in [0.15, 0.2) is 0 Å². The molecule has 16 heavy (non-hydrogen) atoms. The van der Waals surface area contributed by atoms with E-state index in [4.69, 9.17) is 15.2 Å². The Morgan fingerprint density at radius 2 is 1.81 bits per heavy atom. The van der Waals surface area contributed by atoms with E-state index in [9.17, 15) is 4.79 Å². The summed E-state index contributed by atoms with van der Waals surface area (Å²) in [5.41, 5.74) is 4.63. The van der Waals surface area contributed by atoms with Crippen molar-refractivity contribution in [1.29, 1.82) is 0 Å². The number of hydrogen-bond donors (Lipinski definition) is 1. The first kappa shape index (κ1) is 15.4.